The molecular formula is C26H28N4O3. The molecule has 0 spiro atoms. The maximum Gasteiger partial charge on any atom is 0.259 e. The number of carbonyl (C=O) groups is 1. The Morgan fingerprint density at radius 2 is 1.76 bits per heavy atom. The van der Waals surface area contributed by atoms with Crippen LogP contribution in [0, 0.1) is 0 Å². The molecule has 0 bridgehead atoms. The lowest BCUT2D eigenvalue weighted by Gasteiger charge is -2.13. The highest BCUT2D eigenvalue weighted by molar-refractivity contribution is 5.82. The topological polar surface area (TPSA) is 69.5 Å². The summed E-state index contributed by atoms with van der Waals surface area (Å²) in [5.74, 6) is 2.03. The van der Waals surface area contributed by atoms with E-state index in [0.717, 1.165) is 40.1 Å². The van der Waals surface area contributed by atoms with E-state index in [0.29, 0.717) is 18.2 Å². The van der Waals surface area contributed by atoms with Crippen LogP contribution in [0.5, 0.6) is 11.5 Å². The zero-order chi connectivity index (χ0) is 23.4. The fraction of sp³-hybridized carbons (Fsp3) is 0.269. The van der Waals surface area contributed by atoms with Crippen molar-refractivity contribution in [1.29, 1.82) is 0 Å². The number of likely N-dealkylation sites (N-methyl/N-ethyl adjacent to an activating group) is 1. The maximum atomic E-state index is 11.9. The molecule has 0 saturated carbocycles. The van der Waals surface area contributed by atoms with Gasteiger partial charge in [0.1, 0.15) is 17.1 Å². The van der Waals surface area contributed by atoms with Crippen molar-refractivity contribution in [3.8, 4) is 28.6 Å². The summed E-state index contributed by atoms with van der Waals surface area (Å²) in [6, 6.07) is 17.5. The van der Waals surface area contributed by atoms with E-state index >= 15 is 0 Å². The van der Waals surface area contributed by atoms with Crippen molar-refractivity contribution in [2.24, 2.45) is 0 Å². The first-order valence-electron chi connectivity index (χ1n) is 11.0. The minimum absolute atomic E-state index is 0.00702. The molecule has 2 aromatic carbocycles. The standard InChI is InChI=1S/C26H28N4O3/c1-5-23-22-14-15-30(19-8-7-9-21(16-19)33-17-24(31)29(3)4)26(22)28-25(27-23)18-10-12-20(13-11-18)32-6-2/h7-16H,5-6,17H2,1-4H3. The molecule has 0 unspecified atom stereocenters. The predicted octanol–water partition coefficient (Wildman–Crippen LogP) is 4.52. The van der Waals surface area contributed by atoms with Gasteiger partial charge in [-0.05, 0) is 55.8 Å². The van der Waals surface area contributed by atoms with E-state index in [-0.39, 0.29) is 12.5 Å². The quantitative estimate of drug-likeness (QED) is 0.400. The first-order valence-corrected chi connectivity index (χ1v) is 11.0. The molecule has 170 valence electrons. The van der Waals surface area contributed by atoms with Gasteiger partial charge in [-0.2, -0.15) is 0 Å². The number of amides is 1. The summed E-state index contributed by atoms with van der Waals surface area (Å²) in [5, 5.41) is 1.02. The monoisotopic (exact) mass is 444 g/mol. The molecule has 0 saturated heterocycles. The van der Waals surface area contributed by atoms with Crippen molar-refractivity contribution < 1.29 is 14.3 Å². The number of aromatic nitrogens is 3. The number of hydrogen-bond donors (Lipinski definition) is 0. The van der Waals surface area contributed by atoms with E-state index < -0.39 is 0 Å². The summed E-state index contributed by atoms with van der Waals surface area (Å²) < 4.78 is 13.3. The van der Waals surface area contributed by atoms with Crippen molar-refractivity contribution in [1.82, 2.24) is 19.4 Å². The maximum absolute atomic E-state index is 11.9. The first-order chi connectivity index (χ1) is 16.0. The molecule has 0 atom stereocenters. The number of hydrogen-bond acceptors (Lipinski definition) is 5. The van der Waals surface area contributed by atoms with Gasteiger partial charge in [0.05, 0.1) is 18.0 Å². The molecule has 1 amide bonds. The van der Waals surface area contributed by atoms with Crippen LogP contribution in [0.15, 0.2) is 60.8 Å². The largest absolute Gasteiger partial charge is 0.494 e. The third kappa shape index (κ3) is 4.82. The highest BCUT2D eigenvalue weighted by Crippen LogP contribution is 2.27. The van der Waals surface area contributed by atoms with Crippen molar-refractivity contribution in [2.45, 2.75) is 20.3 Å². The molecule has 4 rings (SSSR count). The Labute approximate surface area is 193 Å². The summed E-state index contributed by atoms with van der Waals surface area (Å²) in [6.45, 7) is 4.68. The van der Waals surface area contributed by atoms with Gasteiger partial charge >= 0.3 is 0 Å². The molecule has 2 heterocycles. The number of rotatable bonds is 8. The Hall–Kier alpha value is -3.87. The van der Waals surface area contributed by atoms with Gasteiger partial charge in [0.2, 0.25) is 0 Å². The molecule has 2 aromatic heterocycles. The first kappa shape index (κ1) is 22.3. The highest BCUT2D eigenvalue weighted by Gasteiger charge is 2.14. The third-order valence-corrected chi connectivity index (χ3v) is 5.34. The number of ether oxygens (including phenoxy) is 2. The highest BCUT2D eigenvalue weighted by atomic mass is 16.5. The molecule has 0 aliphatic rings. The van der Waals surface area contributed by atoms with Gasteiger partial charge in [0.15, 0.2) is 12.4 Å². The Bertz CT molecular complexity index is 1260. The number of nitrogens with zero attached hydrogens (tertiary/aromatic N) is 4. The van der Waals surface area contributed by atoms with Crippen LogP contribution in [-0.4, -0.2) is 52.7 Å². The van der Waals surface area contributed by atoms with E-state index in [1.54, 1.807) is 14.1 Å². The van der Waals surface area contributed by atoms with Gasteiger partial charge in [-0.1, -0.05) is 13.0 Å². The van der Waals surface area contributed by atoms with Crippen molar-refractivity contribution in [3.63, 3.8) is 0 Å². The number of aryl methyl sites for hydroxylation is 1. The molecule has 0 aliphatic carbocycles. The van der Waals surface area contributed by atoms with Crippen LogP contribution in [-0.2, 0) is 11.2 Å². The molecule has 0 N–H and O–H groups in total. The summed E-state index contributed by atoms with van der Waals surface area (Å²) >= 11 is 0. The second-order valence-electron chi connectivity index (χ2n) is 7.80. The summed E-state index contributed by atoms with van der Waals surface area (Å²) in [7, 11) is 3.42. The van der Waals surface area contributed by atoms with Crippen LogP contribution >= 0.6 is 0 Å². The molecular weight excluding hydrogens is 416 g/mol. The van der Waals surface area contributed by atoms with Crippen molar-refractivity contribution >= 4 is 16.9 Å². The Balaban J connectivity index is 1.71. The lowest BCUT2D eigenvalue weighted by molar-refractivity contribution is -0.130. The molecule has 7 heteroatoms. The Kier molecular flexibility index (Phi) is 6.58. The number of fused-ring (bicyclic) bond motifs is 1. The predicted molar refractivity (Wildman–Crippen MR) is 129 cm³/mol. The second-order valence-corrected chi connectivity index (χ2v) is 7.80. The SMILES string of the molecule is CCOc1ccc(-c2nc(CC)c3ccn(-c4cccc(OCC(=O)N(C)C)c4)c3n2)cc1. The van der Waals surface area contributed by atoms with E-state index in [1.807, 2.05) is 72.3 Å². The Morgan fingerprint density at radius 1 is 0.970 bits per heavy atom. The zero-order valence-corrected chi connectivity index (χ0v) is 19.4. The second kappa shape index (κ2) is 9.73. The van der Waals surface area contributed by atoms with Crippen LogP contribution in [0.4, 0.5) is 0 Å². The average molecular weight is 445 g/mol. The smallest absolute Gasteiger partial charge is 0.259 e. The van der Waals surface area contributed by atoms with Crippen LogP contribution in [0.1, 0.15) is 19.5 Å². The van der Waals surface area contributed by atoms with Gasteiger partial charge in [-0.3, -0.25) is 4.79 Å². The fourth-order valence-electron chi connectivity index (χ4n) is 3.55. The minimum atomic E-state index is -0.0906. The normalized spacial score (nSPS) is 10.9. The summed E-state index contributed by atoms with van der Waals surface area (Å²) in [6.07, 6.45) is 2.79. The summed E-state index contributed by atoms with van der Waals surface area (Å²) in [5.41, 5.74) is 3.65. The van der Waals surface area contributed by atoms with Gasteiger partial charge < -0.3 is 18.9 Å². The Morgan fingerprint density at radius 3 is 2.45 bits per heavy atom. The average Bonchev–Trinajstić information content (AvgIpc) is 3.27. The van der Waals surface area contributed by atoms with Crippen LogP contribution in [0.2, 0.25) is 0 Å². The number of benzene rings is 2. The van der Waals surface area contributed by atoms with Crippen LogP contribution in [0.3, 0.4) is 0 Å². The molecule has 7 nitrogen and oxygen atoms in total. The van der Waals surface area contributed by atoms with Gasteiger partial charge in [-0.15, -0.1) is 0 Å². The molecule has 33 heavy (non-hydrogen) atoms. The lowest BCUT2D eigenvalue weighted by Crippen LogP contribution is -2.27. The number of carbonyl (C=O) groups excluding carboxylic acids is 1. The minimum Gasteiger partial charge on any atom is -0.494 e. The van der Waals surface area contributed by atoms with Crippen LogP contribution in [0.25, 0.3) is 28.1 Å². The molecule has 4 aromatic rings. The van der Waals surface area contributed by atoms with Gasteiger partial charge in [0.25, 0.3) is 5.91 Å². The van der Waals surface area contributed by atoms with Crippen molar-refractivity contribution in [3.05, 3.63) is 66.5 Å². The van der Waals surface area contributed by atoms with E-state index in [1.165, 1.54) is 4.90 Å². The third-order valence-electron chi connectivity index (χ3n) is 5.34. The fourth-order valence-corrected chi connectivity index (χ4v) is 3.55. The molecule has 0 fully saturated rings. The van der Waals surface area contributed by atoms with E-state index in [2.05, 4.69) is 6.92 Å². The summed E-state index contributed by atoms with van der Waals surface area (Å²) in [4.78, 5) is 23.1. The molecule has 0 radical (unpaired) electrons. The van der Waals surface area contributed by atoms with E-state index in [9.17, 15) is 4.79 Å². The molecule has 0 aliphatic heterocycles. The van der Waals surface area contributed by atoms with Crippen LogP contribution < -0.4 is 9.47 Å². The van der Waals surface area contributed by atoms with Gasteiger partial charge in [0, 0.05) is 37.3 Å². The zero-order valence-electron chi connectivity index (χ0n) is 19.4. The lowest BCUT2D eigenvalue weighted by atomic mass is 10.1. The van der Waals surface area contributed by atoms with E-state index in [4.69, 9.17) is 19.4 Å². The van der Waals surface area contributed by atoms with Crippen molar-refractivity contribution in [2.75, 3.05) is 27.3 Å². The van der Waals surface area contributed by atoms with Gasteiger partial charge in [-0.25, -0.2) is 9.97 Å².